The van der Waals surface area contributed by atoms with Gasteiger partial charge in [-0.1, -0.05) is 65.2 Å². The molecule has 30 heavy (non-hydrogen) atoms. The Kier molecular flexibility index (Phi) is 18.1. The highest BCUT2D eigenvalue weighted by atomic mass is 31.2. The average molecular weight is 454 g/mol. The van der Waals surface area contributed by atoms with Gasteiger partial charge in [0.25, 0.3) is 0 Å². The Hall–Kier alpha value is -0.990. The van der Waals surface area contributed by atoms with Crippen molar-refractivity contribution in [2.75, 3.05) is 26.4 Å². The quantitative estimate of drug-likeness (QED) is 0.160. The van der Waals surface area contributed by atoms with E-state index < -0.39 is 32.5 Å². The second-order valence-corrected chi connectivity index (χ2v) is 8.57. The van der Waals surface area contributed by atoms with Gasteiger partial charge < -0.3 is 20.1 Å². The van der Waals surface area contributed by atoms with Crippen LogP contribution in [0.3, 0.4) is 0 Å². The highest BCUT2D eigenvalue weighted by Crippen LogP contribution is 2.43. The standard InChI is InChI=1S/C20H40NO8P/c1-3-5-6-7-8-9-10-11-12-13-20(23)29-18(16-26-19(22)4-2)17-28-30(24,25)27-15-14-21/h18H,3-17,21H2,1-2H3,(H,24,25). The van der Waals surface area contributed by atoms with Crippen molar-refractivity contribution in [1.82, 2.24) is 0 Å². The molecular weight excluding hydrogens is 413 g/mol. The summed E-state index contributed by atoms with van der Waals surface area (Å²) in [5, 5.41) is 0. The molecule has 0 heterocycles. The molecule has 0 aromatic carbocycles. The topological polar surface area (TPSA) is 134 Å². The maximum Gasteiger partial charge on any atom is 0.472 e. The Morgan fingerprint density at radius 1 is 0.900 bits per heavy atom. The minimum Gasteiger partial charge on any atom is -0.462 e. The number of nitrogens with two attached hydrogens (primary N) is 1. The van der Waals surface area contributed by atoms with Crippen molar-refractivity contribution in [2.45, 2.75) is 90.6 Å². The van der Waals surface area contributed by atoms with Crippen molar-refractivity contribution < 1.29 is 37.6 Å². The molecule has 0 aliphatic carbocycles. The molecule has 9 nitrogen and oxygen atoms in total. The molecule has 10 heteroatoms. The molecular formula is C20H40NO8P. The van der Waals surface area contributed by atoms with Crippen LogP contribution in [-0.4, -0.2) is 49.3 Å². The lowest BCUT2D eigenvalue weighted by molar-refractivity contribution is -0.161. The second kappa shape index (κ2) is 18.8. The molecule has 0 aliphatic rings. The monoisotopic (exact) mass is 453 g/mol. The molecule has 0 aliphatic heterocycles. The summed E-state index contributed by atoms with van der Waals surface area (Å²) in [7, 11) is -4.32. The molecule has 0 amide bonds. The number of phosphoric ester groups is 1. The number of rotatable bonds is 20. The summed E-state index contributed by atoms with van der Waals surface area (Å²) in [6.07, 6.45) is 9.58. The van der Waals surface area contributed by atoms with Crippen LogP contribution in [0, 0.1) is 0 Å². The van der Waals surface area contributed by atoms with Gasteiger partial charge in [-0.2, -0.15) is 0 Å². The van der Waals surface area contributed by atoms with Gasteiger partial charge in [0.1, 0.15) is 6.61 Å². The van der Waals surface area contributed by atoms with E-state index in [1.807, 2.05) is 0 Å². The number of carbonyl (C=O) groups is 2. The van der Waals surface area contributed by atoms with Gasteiger partial charge in [0.2, 0.25) is 0 Å². The van der Waals surface area contributed by atoms with Gasteiger partial charge in [0, 0.05) is 19.4 Å². The number of ether oxygens (including phenoxy) is 2. The van der Waals surface area contributed by atoms with E-state index in [2.05, 4.69) is 11.4 Å². The SMILES string of the molecule is CCCCCCCCCCCC(=O)OC(COC(=O)CC)COP(=O)(O)OCCN. The van der Waals surface area contributed by atoms with Gasteiger partial charge in [0.15, 0.2) is 6.10 Å². The molecule has 2 atom stereocenters. The van der Waals surface area contributed by atoms with Crippen LogP contribution in [-0.2, 0) is 32.7 Å². The van der Waals surface area contributed by atoms with E-state index in [-0.39, 0.29) is 32.6 Å². The first-order valence-corrected chi connectivity index (χ1v) is 12.5. The highest BCUT2D eigenvalue weighted by Gasteiger charge is 2.25. The summed E-state index contributed by atoms with van der Waals surface area (Å²) in [5.74, 6) is -0.934. The molecule has 0 radical (unpaired) electrons. The summed E-state index contributed by atoms with van der Waals surface area (Å²) in [6, 6.07) is 0. The molecule has 0 aromatic heterocycles. The third-order valence-corrected chi connectivity index (χ3v) is 5.28. The molecule has 0 fully saturated rings. The molecule has 0 spiro atoms. The Balaban J connectivity index is 4.22. The Bertz CT molecular complexity index is 503. The number of hydrogen-bond donors (Lipinski definition) is 2. The van der Waals surface area contributed by atoms with Crippen molar-refractivity contribution in [2.24, 2.45) is 5.73 Å². The Labute approximate surface area is 180 Å². The van der Waals surface area contributed by atoms with E-state index >= 15 is 0 Å². The lowest BCUT2D eigenvalue weighted by Crippen LogP contribution is -2.29. The summed E-state index contributed by atoms with van der Waals surface area (Å²) in [5.41, 5.74) is 5.22. The molecule has 0 rings (SSSR count). The van der Waals surface area contributed by atoms with E-state index in [1.54, 1.807) is 6.92 Å². The van der Waals surface area contributed by atoms with Gasteiger partial charge in [0.05, 0.1) is 13.2 Å². The molecule has 178 valence electrons. The van der Waals surface area contributed by atoms with E-state index in [4.69, 9.17) is 19.7 Å². The molecule has 0 aromatic rings. The largest absolute Gasteiger partial charge is 0.472 e. The summed E-state index contributed by atoms with van der Waals surface area (Å²) in [6.45, 7) is 3.04. The van der Waals surface area contributed by atoms with Gasteiger partial charge in [-0.15, -0.1) is 0 Å². The first-order chi connectivity index (χ1) is 14.3. The minimum absolute atomic E-state index is 0.0547. The Morgan fingerprint density at radius 2 is 1.50 bits per heavy atom. The van der Waals surface area contributed by atoms with E-state index in [0.29, 0.717) is 6.42 Å². The number of carbonyl (C=O) groups excluding carboxylic acids is 2. The van der Waals surface area contributed by atoms with Gasteiger partial charge in [-0.3, -0.25) is 18.6 Å². The maximum atomic E-state index is 12.1. The summed E-state index contributed by atoms with van der Waals surface area (Å²) >= 11 is 0. The molecule has 0 saturated heterocycles. The lowest BCUT2D eigenvalue weighted by atomic mass is 10.1. The first kappa shape index (κ1) is 29.0. The number of unbranched alkanes of at least 4 members (excludes halogenated alkanes) is 8. The van der Waals surface area contributed by atoms with Crippen molar-refractivity contribution in [3.05, 3.63) is 0 Å². The van der Waals surface area contributed by atoms with Crippen LogP contribution in [0.15, 0.2) is 0 Å². The van der Waals surface area contributed by atoms with Crippen molar-refractivity contribution in [3.63, 3.8) is 0 Å². The minimum atomic E-state index is -4.32. The number of esters is 2. The molecule has 3 N–H and O–H groups in total. The van der Waals surface area contributed by atoms with E-state index in [9.17, 15) is 19.0 Å². The average Bonchev–Trinajstić information content (AvgIpc) is 2.72. The summed E-state index contributed by atoms with van der Waals surface area (Å²) in [4.78, 5) is 33.0. The fraction of sp³-hybridized carbons (Fsp3) is 0.900. The fourth-order valence-electron chi connectivity index (χ4n) is 2.61. The zero-order valence-electron chi connectivity index (χ0n) is 18.5. The molecule has 2 unspecified atom stereocenters. The zero-order chi connectivity index (χ0) is 22.7. The fourth-order valence-corrected chi connectivity index (χ4v) is 3.38. The predicted octanol–water partition coefficient (Wildman–Crippen LogP) is 3.86. The smallest absolute Gasteiger partial charge is 0.462 e. The molecule has 0 bridgehead atoms. The van der Waals surface area contributed by atoms with Crippen molar-refractivity contribution in [3.8, 4) is 0 Å². The first-order valence-electron chi connectivity index (χ1n) is 11.0. The van der Waals surface area contributed by atoms with E-state index in [1.165, 1.54) is 32.1 Å². The van der Waals surface area contributed by atoms with Gasteiger partial charge >= 0.3 is 19.8 Å². The third kappa shape index (κ3) is 17.8. The van der Waals surface area contributed by atoms with Crippen molar-refractivity contribution >= 4 is 19.8 Å². The lowest BCUT2D eigenvalue weighted by Gasteiger charge is -2.19. The number of hydrogen-bond acceptors (Lipinski definition) is 8. The van der Waals surface area contributed by atoms with Crippen LogP contribution in [0.5, 0.6) is 0 Å². The van der Waals surface area contributed by atoms with Crippen LogP contribution >= 0.6 is 7.82 Å². The van der Waals surface area contributed by atoms with Crippen LogP contribution in [0.2, 0.25) is 0 Å². The third-order valence-electron chi connectivity index (χ3n) is 4.30. The van der Waals surface area contributed by atoms with Crippen molar-refractivity contribution in [1.29, 1.82) is 0 Å². The second-order valence-electron chi connectivity index (χ2n) is 7.11. The normalized spacial score (nSPS) is 14.1. The van der Waals surface area contributed by atoms with Crippen LogP contribution < -0.4 is 5.73 Å². The highest BCUT2D eigenvalue weighted by molar-refractivity contribution is 7.47. The van der Waals surface area contributed by atoms with Gasteiger partial charge in [-0.05, 0) is 6.42 Å². The molecule has 0 saturated carbocycles. The maximum absolute atomic E-state index is 12.1. The Morgan fingerprint density at radius 3 is 2.07 bits per heavy atom. The van der Waals surface area contributed by atoms with E-state index in [0.717, 1.165) is 19.3 Å². The number of phosphoric acid groups is 1. The van der Waals surface area contributed by atoms with Crippen LogP contribution in [0.25, 0.3) is 0 Å². The predicted molar refractivity (Wildman–Crippen MR) is 114 cm³/mol. The van der Waals surface area contributed by atoms with Gasteiger partial charge in [-0.25, -0.2) is 4.57 Å². The zero-order valence-corrected chi connectivity index (χ0v) is 19.4. The summed E-state index contributed by atoms with van der Waals surface area (Å²) < 4.78 is 31.4. The van der Waals surface area contributed by atoms with Crippen LogP contribution in [0.1, 0.15) is 84.5 Å². The van der Waals surface area contributed by atoms with Crippen LogP contribution in [0.4, 0.5) is 0 Å².